The standard InChI is InChI=1S/C16H13FN2O3/c17-14-6-3-4-12(10-14)11-18-16(20)9-8-13-5-1-2-7-15(13)19(21)22/h1-10H,11H2,(H,18,20)/b9-8+. The summed E-state index contributed by atoms with van der Waals surface area (Å²) in [5.41, 5.74) is 0.900. The number of hydrogen-bond acceptors (Lipinski definition) is 3. The first-order chi connectivity index (χ1) is 10.6. The highest BCUT2D eigenvalue weighted by Crippen LogP contribution is 2.18. The van der Waals surface area contributed by atoms with Crippen LogP contribution in [-0.2, 0) is 11.3 Å². The molecule has 1 amide bonds. The van der Waals surface area contributed by atoms with Gasteiger partial charge in [0, 0.05) is 18.7 Å². The van der Waals surface area contributed by atoms with Gasteiger partial charge in [-0.1, -0.05) is 24.3 Å². The van der Waals surface area contributed by atoms with Crippen molar-refractivity contribution in [2.75, 3.05) is 0 Å². The molecule has 5 nitrogen and oxygen atoms in total. The number of rotatable bonds is 5. The van der Waals surface area contributed by atoms with Crippen LogP contribution < -0.4 is 5.32 Å². The maximum absolute atomic E-state index is 13.0. The quantitative estimate of drug-likeness (QED) is 0.524. The number of nitro benzene ring substituents is 1. The van der Waals surface area contributed by atoms with Gasteiger partial charge in [-0.2, -0.15) is 0 Å². The maximum Gasteiger partial charge on any atom is 0.276 e. The van der Waals surface area contributed by atoms with Gasteiger partial charge >= 0.3 is 0 Å². The number of nitro groups is 1. The summed E-state index contributed by atoms with van der Waals surface area (Å²) in [6, 6.07) is 12.0. The topological polar surface area (TPSA) is 72.2 Å². The van der Waals surface area contributed by atoms with Crippen LogP contribution >= 0.6 is 0 Å². The summed E-state index contributed by atoms with van der Waals surface area (Å²) in [6.07, 6.45) is 2.58. The Labute approximate surface area is 126 Å². The number of nitrogens with zero attached hydrogens (tertiary/aromatic N) is 1. The van der Waals surface area contributed by atoms with Gasteiger partial charge in [-0.25, -0.2) is 4.39 Å². The van der Waals surface area contributed by atoms with Gasteiger partial charge in [0.05, 0.1) is 10.5 Å². The molecule has 0 radical (unpaired) electrons. The molecule has 0 heterocycles. The molecule has 0 spiro atoms. The highest BCUT2D eigenvalue weighted by Gasteiger charge is 2.09. The van der Waals surface area contributed by atoms with Gasteiger partial charge in [-0.15, -0.1) is 0 Å². The molecule has 6 heteroatoms. The molecule has 22 heavy (non-hydrogen) atoms. The molecule has 0 fully saturated rings. The first-order valence-electron chi connectivity index (χ1n) is 6.50. The first kappa shape index (κ1) is 15.4. The summed E-state index contributed by atoms with van der Waals surface area (Å²) in [7, 11) is 0. The first-order valence-corrected chi connectivity index (χ1v) is 6.50. The van der Waals surface area contributed by atoms with Crippen molar-refractivity contribution in [2.24, 2.45) is 0 Å². The second kappa shape index (κ2) is 7.12. The van der Waals surface area contributed by atoms with Gasteiger partial charge in [-0.3, -0.25) is 14.9 Å². The minimum absolute atomic E-state index is 0.0725. The van der Waals surface area contributed by atoms with Crippen LogP contribution in [0.5, 0.6) is 0 Å². The minimum atomic E-state index is -0.510. The number of amides is 1. The molecule has 0 saturated carbocycles. The molecule has 2 rings (SSSR count). The van der Waals surface area contributed by atoms with Gasteiger partial charge in [0.25, 0.3) is 5.69 Å². The van der Waals surface area contributed by atoms with Gasteiger partial charge < -0.3 is 5.32 Å². The Hall–Kier alpha value is -3.02. The summed E-state index contributed by atoms with van der Waals surface area (Å²) < 4.78 is 13.0. The molecule has 0 unspecified atom stereocenters. The lowest BCUT2D eigenvalue weighted by Crippen LogP contribution is -2.20. The van der Waals surface area contributed by atoms with Crippen molar-refractivity contribution in [3.8, 4) is 0 Å². The van der Waals surface area contributed by atoms with E-state index < -0.39 is 10.8 Å². The number of hydrogen-bond donors (Lipinski definition) is 1. The zero-order valence-electron chi connectivity index (χ0n) is 11.5. The van der Waals surface area contributed by atoms with Crippen LogP contribution in [0.2, 0.25) is 0 Å². The van der Waals surface area contributed by atoms with Gasteiger partial charge in [0.2, 0.25) is 5.91 Å². The second-order valence-electron chi connectivity index (χ2n) is 4.50. The van der Waals surface area contributed by atoms with Crippen molar-refractivity contribution in [1.82, 2.24) is 5.32 Å². The van der Waals surface area contributed by atoms with E-state index in [0.717, 1.165) is 0 Å². The van der Waals surface area contributed by atoms with Crippen molar-refractivity contribution in [3.63, 3.8) is 0 Å². The lowest BCUT2D eigenvalue weighted by atomic mass is 10.1. The highest BCUT2D eigenvalue weighted by atomic mass is 19.1. The molecule has 0 aromatic heterocycles. The Morgan fingerprint density at radius 3 is 2.73 bits per heavy atom. The van der Waals surface area contributed by atoms with Gasteiger partial charge in [0.15, 0.2) is 0 Å². The van der Waals surface area contributed by atoms with E-state index >= 15 is 0 Å². The van der Waals surface area contributed by atoms with Crippen molar-refractivity contribution >= 4 is 17.7 Å². The van der Waals surface area contributed by atoms with Gasteiger partial charge in [0.1, 0.15) is 5.82 Å². The number of nitrogens with one attached hydrogen (secondary N) is 1. The fourth-order valence-electron chi connectivity index (χ4n) is 1.86. The van der Waals surface area contributed by atoms with E-state index in [1.54, 1.807) is 30.3 Å². The molecule has 112 valence electrons. The third-order valence-electron chi connectivity index (χ3n) is 2.90. The summed E-state index contributed by atoms with van der Waals surface area (Å²) in [4.78, 5) is 22.0. The highest BCUT2D eigenvalue weighted by molar-refractivity contribution is 5.92. The van der Waals surface area contributed by atoms with E-state index in [9.17, 15) is 19.3 Å². The Morgan fingerprint density at radius 2 is 2.00 bits per heavy atom. The van der Waals surface area contributed by atoms with Crippen molar-refractivity contribution in [2.45, 2.75) is 6.54 Å². The monoisotopic (exact) mass is 300 g/mol. The van der Waals surface area contributed by atoms with E-state index in [2.05, 4.69) is 5.32 Å². The van der Waals surface area contributed by atoms with Crippen LogP contribution in [0.15, 0.2) is 54.6 Å². The van der Waals surface area contributed by atoms with Crippen LogP contribution in [0.1, 0.15) is 11.1 Å². The molecule has 0 aliphatic heterocycles. The predicted molar refractivity (Wildman–Crippen MR) is 80.4 cm³/mol. The van der Waals surface area contributed by atoms with Crippen LogP contribution in [0.3, 0.4) is 0 Å². The SMILES string of the molecule is O=C(/C=C/c1ccccc1[N+](=O)[O-])NCc1cccc(F)c1. The fraction of sp³-hybridized carbons (Fsp3) is 0.0625. The zero-order chi connectivity index (χ0) is 15.9. The minimum Gasteiger partial charge on any atom is -0.348 e. The number of carbonyl (C=O) groups excluding carboxylic acids is 1. The predicted octanol–water partition coefficient (Wildman–Crippen LogP) is 3.06. The molecule has 0 aliphatic rings. The fourth-order valence-corrected chi connectivity index (χ4v) is 1.86. The van der Waals surface area contributed by atoms with E-state index in [4.69, 9.17) is 0 Å². The van der Waals surface area contributed by atoms with E-state index in [0.29, 0.717) is 11.1 Å². The van der Waals surface area contributed by atoms with E-state index in [-0.39, 0.29) is 18.0 Å². The molecule has 0 bridgehead atoms. The van der Waals surface area contributed by atoms with Crippen molar-refractivity contribution in [3.05, 3.63) is 81.7 Å². The lowest BCUT2D eigenvalue weighted by Gasteiger charge is -2.02. The third kappa shape index (κ3) is 4.24. The van der Waals surface area contributed by atoms with Crippen LogP contribution in [-0.4, -0.2) is 10.8 Å². The molecule has 2 aromatic carbocycles. The molecule has 0 saturated heterocycles. The largest absolute Gasteiger partial charge is 0.348 e. The van der Waals surface area contributed by atoms with Gasteiger partial charge in [-0.05, 0) is 29.8 Å². The molecule has 1 N–H and O–H groups in total. The average Bonchev–Trinajstić information content (AvgIpc) is 2.51. The Balaban J connectivity index is 1.99. The van der Waals surface area contributed by atoms with Crippen molar-refractivity contribution in [1.29, 1.82) is 0 Å². The smallest absolute Gasteiger partial charge is 0.276 e. The molecular weight excluding hydrogens is 287 g/mol. The normalized spacial score (nSPS) is 10.6. The number of halogens is 1. The average molecular weight is 300 g/mol. The maximum atomic E-state index is 13.0. The Morgan fingerprint density at radius 1 is 1.23 bits per heavy atom. The lowest BCUT2D eigenvalue weighted by molar-refractivity contribution is -0.385. The number of para-hydroxylation sites is 1. The number of benzene rings is 2. The van der Waals surface area contributed by atoms with Crippen LogP contribution in [0.25, 0.3) is 6.08 Å². The summed E-state index contributed by atoms with van der Waals surface area (Å²) >= 11 is 0. The number of carbonyl (C=O) groups is 1. The van der Waals surface area contributed by atoms with Crippen LogP contribution in [0.4, 0.5) is 10.1 Å². The summed E-state index contributed by atoms with van der Waals surface area (Å²) in [5.74, 6) is -0.787. The van der Waals surface area contributed by atoms with Crippen LogP contribution in [0, 0.1) is 15.9 Å². The molecule has 2 aromatic rings. The third-order valence-corrected chi connectivity index (χ3v) is 2.90. The zero-order valence-corrected chi connectivity index (χ0v) is 11.5. The summed E-state index contributed by atoms with van der Waals surface area (Å²) in [6.45, 7) is 0.178. The van der Waals surface area contributed by atoms with E-state index in [1.807, 2.05) is 0 Å². The molecule has 0 atom stereocenters. The Kier molecular flexibility index (Phi) is 4.98. The van der Waals surface area contributed by atoms with E-state index in [1.165, 1.54) is 30.4 Å². The Bertz CT molecular complexity index is 729. The van der Waals surface area contributed by atoms with Crippen molar-refractivity contribution < 1.29 is 14.1 Å². The second-order valence-corrected chi connectivity index (χ2v) is 4.50. The molecule has 0 aliphatic carbocycles. The molecular formula is C16H13FN2O3. The summed E-state index contributed by atoms with van der Waals surface area (Å²) in [5, 5.41) is 13.4.